The number of ether oxygens (including phenoxy) is 3. The van der Waals surface area contributed by atoms with Crippen molar-refractivity contribution in [2.24, 2.45) is 0 Å². The number of unbranched alkanes of at least 4 members (excludes halogenated alkanes) is 2. The topological polar surface area (TPSA) is 64.1 Å². The second-order valence-corrected chi connectivity index (χ2v) is 9.33. The van der Waals surface area contributed by atoms with E-state index in [0.29, 0.717) is 23.8 Å². The first-order valence-electron chi connectivity index (χ1n) is 12.0. The molecule has 0 saturated carbocycles. The Morgan fingerprint density at radius 1 is 1.11 bits per heavy atom. The van der Waals surface area contributed by atoms with Crippen molar-refractivity contribution in [3.05, 3.63) is 48.0 Å². The van der Waals surface area contributed by atoms with Crippen molar-refractivity contribution in [1.29, 1.82) is 0 Å². The van der Waals surface area contributed by atoms with E-state index in [-0.39, 0.29) is 18.3 Å². The Balaban J connectivity index is 0.00000342. The Kier molecular flexibility index (Phi) is 10.6. The minimum absolute atomic E-state index is 0. The fraction of sp³-hybridized carbons (Fsp3) is 0.462. The van der Waals surface area contributed by atoms with Crippen LogP contribution in [-0.4, -0.2) is 68.9 Å². The highest BCUT2D eigenvalue weighted by Crippen LogP contribution is 2.32. The molecule has 9 heteroatoms. The van der Waals surface area contributed by atoms with Crippen molar-refractivity contribution in [3.8, 4) is 11.5 Å². The zero-order chi connectivity index (χ0) is 23.8. The first-order valence-corrected chi connectivity index (χ1v) is 12.8. The number of thiazole rings is 1. The van der Waals surface area contributed by atoms with E-state index in [1.54, 1.807) is 12.0 Å². The Labute approximate surface area is 217 Å². The molecule has 0 unspecified atom stereocenters. The van der Waals surface area contributed by atoms with Gasteiger partial charge >= 0.3 is 0 Å². The third-order valence-corrected chi connectivity index (χ3v) is 6.98. The van der Waals surface area contributed by atoms with Crippen molar-refractivity contribution in [1.82, 2.24) is 9.88 Å². The van der Waals surface area contributed by atoms with Gasteiger partial charge in [0.25, 0.3) is 5.91 Å². The van der Waals surface area contributed by atoms with Crippen LogP contribution in [0.4, 0.5) is 5.13 Å². The number of methoxy groups -OCH3 is 1. The van der Waals surface area contributed by atoms with E-state index in [4.69, 9.17) is 19.2 Å². The lowest BCUT2D eigenvalue weighted by Gasteiger charge is -2.29. The third-order valence-electron chi connectivity index (χ3n) is 5.92. The van der Waals surface area contributed by atoms with Crippen LogP contribution < -0.4 is 14.4 Å². The summed E-state index contributed by atoms with van der Waals surface area (Å²) in [6, 6.07) is 13.3. The number of morpholine rings is 1. The second-order valence-electron chi connectivity index (χ2n) is 8.32. The SMILES string of the molecule is CCCCCOc1ccc(C(=O)N(CCN2CCOCC2)c2nc3cc(OC)ccc3s2)cc1.Cl. The fourth-order valence-corrected chi connectivity index (χ4v) is 4.85. The van der Waals surface area contributed by atoms with Crippen molar-refractivity contribution in [2.45, 2.75) is 26.2 Å². The molecule has 7 nitrogen and oxygen atoms in total. The molecule has 2 heterocycles. The Morgan fingerprint density at radius 3 is 2.57 bits per heavy atom. The summed E-state index contributed by atoms with van der Waals surface area (Å²) < 4.78 is 17.6. The molecule has 35 heavy (non-hydrogen) atoms. The quantitative estimate of drug-likeness (QED) is 0.321. The molecule has 3 aromatic rings. The van der Waals surface area contributed by atoms with Crippen LogP contribution in [0, 0.1) is 0 Å². The van der Waals surface area contributed by atoms with E-state index in [2.05, 4.69) is 11.8 Å². The molecular formula is C26H34ClN3O4S. The first kappa shape index (κ1) is 27.2. The summed E-state index contributed by atoms with van der Waals surface area (Å²) in [5.41, 5.74) is 1.46. The predicted octanol–water partition coefficient (Wildman–Crippen LogP) is 5.27. The molecule has 0 N–H and O–H groups in total. The summed E-state index contributed by atoms with van der Waals surface area (Å²) >= 11 is 1.52. The molecule has 190 valence electrons. The highest BCUT2D eigenvalue weighted by molar-refractivity contribution is 7.22. The van der Waals surface area contributed by atoms with Gasteiger partial charge in [-0.05, 0) is 42.8 Å². The molecule has 1 aromatic heterocycles. The standard InChI is InChI=1S/C26H33N3O4S.ClH/c1-3-4-5-16-33-21-8-6-20(7-9-21)25(30)29(13-12-28-14-17-32-18-15-28)26-27-23-19-22(31-2)10-11-24(23)34-26;/h6-11,19H,3-5,12-18H2,1-2H3;1H. The molecule has 0 bridgehead atoms. The van der Waals surface area contributed by atoms with Crippen LogP contribution >= 0.6 is 23.7 Å². The second kappa shape index (κ2) is 13.6. The maximum absolute atomic E-state index is 13.6. The van der Waals surface area contributed by atoms with E-state index in [1.807, 2.05) is 42.5 Å². The van der Waals surface area contributed by atoms with E-state index >= 15 is 0 Å². The summed E-state index contributed by atoms with van der Waals surface area (Å²) in [5.74, 6) is 1.49. The molecule has 1 amide bonds. The van der Waals surface area contributed by atoms with Crippen LogP contribution in [0.25, 0.3) is 10.2 Å². The highest BCUT2D eigenvalue weighted by Gasteiger charge is 2.23. The molecule has 0 aliphatic carbocycles. The van der Waals surface area contributed by atoms with Crippen molar-refractivity contribution in [2.75, 3.05) is 58.0 Å². The third kappa shape index (κ3) is 7.30. The van der Waals surface area contributed by atoms with E-state index in [1.165, 1.54) is 11.3 Å². The van der Waals surface area contributed by atoms with Crippen molar-refractivity contribution in [3.63, 3.8) is 0 Å². The van der Waals surface area contributed by atoms with Gasteiger partial charge in [0.2, 0.25) is 0 Å². The highest BCUT2D eigenvalue weighted by atomic mass is 35.5. The molecule has 0 spiro atoms. The van der Waals surface area contributed by atoms with Gasteiger partial charge in [0.05, 0.1) is 37.1 Å². The lowest BCUT2D eigenvalue weighted by molar-refractivity contribution is 0.0391. The first-order chi connectivity index (χ1) is 16.7. The van der Waals surface area contributed by atoms with Crippen molar-refractivity contribution < 1.29 is 19.0 Å². The molecule has 1 fully saturated rings. The lowest BCUT2D eigenvalue weighted by atomic mass is 10.2. The van der Waals surface area contributed by atoms with Gasteiger partial charge in [-0.15, -0.1) is 12.4 Å². The van der Waals surface area contributed by atoms with Crippen molar-refractivity contribution >= 4 is 45.0 Å². The lowest BCUT2D eigenvalue weighted by Crippen LogP contribution is -2.43. The minimum atomic E-state index is -0.0585. The largest absolute Gasteiger partial charge is 0.497 e. The summed E-state index contributed by atoms with van der Waals surface area (Å²) in [4.78, 5) is 22.5. The molecule has 0 atom stereocenters. The normalized spacial score (nSPS) is 13.9. The number of hydrogen-bond acceptors (Lipinski definition) is 7. The predicted molar refractivity (Wildman–Crippen MR) is 144 cm³/mol. The van der Waals surface area contributed by atoms with Gasteiger partial charge in [0.1, 0.15) is 11.5 Å². The maximum atomic E-state index is 13.6. The van der Waals surface area contributed by atoms with E-state index in [0.717, 1.165) is 73.8 Å². The van der Waals surface area contributed by atoms with Gasteiger partial charge in [-0.2, -0.15) is 0 Å². The van der Waals surface area contributed by atoms with Crippen LogP contribution in [0.1, 0.15) is 36.5 Å². The van der Waals surface area contributed by atoms with Crippen LogP contribution in [0.15, 0.2) is 42.5 Å². The van der Waals surface area contributed by atoms with E-state index < -0.39 is 0 Å². The van der Waals surface area contributed by atoms with Crippen LogP contribution in [0.2, 0.25) is 0 Å². The fourth-order valence-electron chi connectivity index (χ4n) is 3.88. The number of halogens is 1. The Morgan fingerprint density at radius 2 is 1.86 bits per heavy atom. The van der Waals surface area contributed by atoms with Crippen LogP contribution in [-0.2, 0) is 4.74 Å². The number of hydrogen-bond donors (Lipinski definition) is 0. The number of rotatable bonds is 11. The van der Waals surface area contributed by atoms with Crippen LogP contribution in [0.3, 0.4) is 0 Å². The van der Waals surface area contributed by atoms with Gasteiger partial charge < -0.3 is 14.2 Å². The number of amides is 1. The number of aromatic nitrogens is 1. The maximum Gasteiger partial charge on any atom is 0.260 e. The number of fused-ring (bicyclic) bond motifs is 1. The zero-order valence-electron chi connectivity index (χ0n) is 20.4. The average Bonchev–Trinajstić information content (AvgIpc) is 3.30. The number of anilines is 1. The number of carbonyl (C=O) groups is 1. The molecule has 4 rings (SSSR count). The summed E-state index contributed by atoms with van der Waals surface area (Å²) in [6.07, 6.45) is 3.35. The molecule has 1 aliphatic heterocycles. The zero-order valence-corrected chi connectivity index (χ0v) is 22.0. The number of benzene rings is 2. The monoisotopic (exact) mass is 519 g/mol. The molecule has 1 aliphatic rings. The summed E-state index contributed by atoms with van der Waals surface area (Å²) in [5, 5.41) is 0.696. The Bertz CT molecular complexity index is 1070. The Hall–Kier alpha value is -2.39. The van der Waals surface area contributed by atoms with Gasteiger partial charge in [-0.25, -0.2) is 4.98 Å². The molecule has 0 radical (unpaired) electrons. The number of nitrogens with zero attached hydrogens (tertiary/aromatic N) is 3. The molecular weight excluding hydrogens is 486 g/mol. The minimum Gasteiger partial charge on any atom is -0.497 e. The van der Waals surface area contributed by atoms with Gasteiger partial charge in [-0.3, -0.25) is 14.6 Å². The van der Waals surface area contributed by atoms with Gasteiger partial charge in [-0.1, -0.05) is 31.1 Å². The number of carbonyl (C=O) groups excluding carboxylic acids is 1. The average molecular weight is 520 g/mol. The van der Waals surface area contributed by atoms with Crippen LogP contribution in [0.5, 0.6) is 11.5 Å². The smallest absolute Gasteiger partial charge is 0.260 e. The van der Waals surface area contributed by atoms with E-state index in [9.17, 15) is 4.79 Å². The summed E-state index contributed by atoms with van der Waals surface area (Å²) in [6.45, 7) is 7.42. The van der Waals surface area contributed by atoms with Gasteiger partial charge in [0.15, 0.2) is 5.13 Å². The molecule has 2 aromatic carbocycles. The molecule has 1 saturated heterocycles. The summed E-state index contributed by atoms with van der Waals surface area (Å²) in [7, 11) is 1.64. The van der Waals surface area contributed by atoms with Gasteiger partial charge in [0, 0.05) is 37.8 Å².